The maximum absolute atomic E-state index is 12.5. The Bertz CT molecular complexity index is 639. The summed E-state index contributed by atoms with van der Waals surface area (Å²) in [7, 11) is -1.09. The Hall–Kier alpha value is -1.11. The predicted octanol–water partition coefficient (Wildman–Crippen LogP) is 1.40. The van der Waals surface area contributed by atoms with Crippen molar-refractivity contribution >= 4 is 15.7 Å². The summed E-state index contributed by atoms with van der Waals surface area (Å²) in [5.74, 6) is 0.247. The largest absolute Gasteiger partial charge is 0.368 e. The first-order chi connectivity index (χ1) is 11.0. The van der Waals surface area contributed by atoms with Crippen LogP contribution in [0.15, 0.2) is 24.3 Å². The van der Waals surface area contributed by atoms with Gasteiger partial charge in [-0.05, 0) is 38.4 Å². The van der Waals surface area contributed by atoms with Crippen LogP contribution in [0, 0.1) is 0 Å². The van der Waals surface area contributed by atoms with Crippen LogP contribution < -0.4 is 4.90 Å². The molecule has 0 aliphatic carbocycles. The van der Waals surface area contributed by atoms with Gasteiger partial charge < -0.3 is 9.80 Å². The number of hydrogen-bond donors (Lipinski definition) is 0. The number of sulfonamides is 1. The quantitative estimate of drug-likeness (QED) is 0.815. The minimum Gasteiger partial charge on any atom is -0.368 e. The molecular formula is C17H27N3O2S. The number of nitrogens with zero attached hydrogens (tertiary/aromatic N) is 3. The Morgan fingerprint density at radius 2 is 1.78 bits per heavy atom. The number of rotatable bonds is 5. The van der Waals surface area contributed by atoms with Crippen molar-refractivity contribution in [2.24, 2.45) is 0 Å². The van der Waals surface area contributed by atoms with Gasteiger partial charge in [0, 0.05) is 44.5 Å². The van der Waals surface area contributed by atoms with E-state index in [1.54, 1.807) is 4.31 Å². The minimum absolute atomic E-state index is 0.247. The van der Waals surface area contributed by atoms with Crippen LogP contribution in [0.5, 0.6) is 0 Å². The van der Waals surface area contributed by atoms with Gasteiger partial charge in [0.1, 0.15) is 0 Å². The Kier molecular flexibility index (Phi) is 4.94. The van der Waals surface area contributed by atoms with Crippen LogP contribution in [-0.4, -0.2) is 69.2 Å². The molecule has 5 nitrogen and oxygen atoms in total. The zero-order valence-electron chi connectivity index (χ0n) is 14.1. The van der Waals surface area contributed by atoms with Crippen LogP contribution in [0.2, 0.25) is 0 Å². The molecule has 23 heavy (non-hydrogen) atoms. The van der Waals surface area contributed by atoms with Crippen molar-refractivity contribution in [3.63, 3.8) is 0 Å². The molecule has 128 valence electrons. The van der Waals surface area contributed by atoms with Crippen LogP contribution in [0.4, 0.5) is 5.69 Å². The first kappa shape index (κ1) is 16.7. The normalized spacial score (nSPS) is 21.4. The molecule has 2 aliphatic heterocycles. The van der Waals surface area contributed by atoms with Crippen molar-refractivity contribution < 1.29 is 8.42 Å². The maximum Gasteiger partial charge on any atom is 0.214 e. The third-order valence-corrected chi connectivity index (χ3v) is 7.01. The highest BCUT2D eigenvalue weighted by molar-refractivity contribution is 7.89. The second-order valence-corrected chi connectivity index (χ2v) is 8.82. The van der Waals surface area contributed by atoms with Crippen LogP contribution >= 0.6 is 0 Å². The molecule has 0 aromatic heterocycles. The Labute approximate surface area is 139 Å². The molecule has 0 spiro atoms. The molecular weight excluding hydrogens is 310 g/mol. The second-order valence-electron chi connectivity index (χ2n) is 6.73. The molecule has 1 unspecified atom stereocenters. The third-order valence-electron chi connectivity index (χ3n) is 5.10. The minimum atomic E-state index is -3.13. The summed E-state index contributed by atoms with van der Waals surface area (Å²) in [6.45, 7) is 6.04. The molecule has 1 atom stereocenters. The van der Waals surface area contributed by atoms with Crippen molar-refractivity contribution in [3.05, 3.63) is 29.8 Å². The van der Waals surface area contributed by atoms with Gasteiger partial charge in [-0.1, -0.05) is 18.2 Å². The summed E-state index contributed by atoms with van der Waals surface area (Å²) in [4.78, 5) is 4.53. The van der Waals surface area contributed by atoms with Gasteiger partial charge >= 0.3 is 0 Å². The van der Waals surface area contributed by atoms with E-state index < -0.39 is 10.0 Å². The number of para-hydroxylation sites is 1. The number of hydrogen-bond acceptors (Lipinski definition) is 4. The van der Waals surface area contributed by atoms with E-state index in [9.17, 15) is 8.42 Å². The topological polar surface area (TPSA) is 43.9 Å². The second kappa shape index (κ2) is 6.79. The van der Waals surface area contributed by atoms with E-state index in [-0.39, 0.29) is 11.8 Å². The fraction of sp³-hybridized carbons (Fsp3) is 0.647. The smallest absolute Gasteiger partial charge is 0.214 e. The van der Waals surface area contributed by atoms with Crippen LogP contribution in [0.3, 0.4) is 0 Å². The van der Waals surface area contributed by atoms with Gasteiger partial charge in [-0.3, -0.25) is 0 Å². The van der Waals surface area contributed by atoms with Gasteiger partial charge in [0.05, 0.1) is 5.75 Å². The molecule has 2 aliphatic rings. The standard InChI is InChI=1S/C17H27N3O2S/c1-15(20-9-7-16-5-3-4-6-17(16)20)8-14-23(21,22)19-12-10-18(2)11-13-19/h3-6,15H,7-14H2,1-2H3. The number of piperazine rings is 1. The maximum atomic E-state index is 12.5. The van der Waals surface area contributed by atoms with E-state index in [0.717, 1.165) is 26.1 Å². The molecule has 0 N–H and O–H groups in total. The van der Waals surface area contributed by atoms with Crippen LogP contribution in [0.1, 0.15) is 18.9 Å². The number of fused-ring (bicyclic) bond motifs is 1. The Balaban J connectivity index is 1.58. The molecule has 2 heterocycles. The molecule has 0 bridgehead atoms. The highest BCUT2D eigenvalue weighted by Gasteiger charge is 2.28. The van der Waals surface area contributed by atoms with Crippen molar-refractivity contribution in [2.75, 3.05) is 50.4 Å². The Morgan fingerprint density at radius 1 is 1.09 bits per heavy atom. The lowest BCUT2D eigenvalue weighted by Gasteiger charge is -2.32. The average Bonchev–Trinajstić information content (AvgIpc) is 2.97. The van der Waals surface area contributed by atoms with Crippen molar-refractivity contribution in [1.82, 2.24) is 9.21 Å². The fourth-order valence-electron chi connectivity index (χ4n) is 3.49. The molecule has 1 aromatic rings. The zero-order chi connectivity index (χ0) is 16.4. The van der Waals surface area contributed by atoms with E-state index >= 15 is 0 Å². The van der Waals surface area contributed by atoms with Crippen molar-refractivity contribution in [1.29, 1.82) is 0 Å². The summed E-state index contributed by atoms with van der Waals surface area (Å²) in [5.41, 5.74) is 2.65. The van der Waals surface area contributed by atoms with E-state index in [1.165, 1.54) is 11.3 Å². The molecule has 0 saturated carbocycles. The van der Waals surface area contributed by atoms with Gasteiger partial charge in [-0.25, -0.2) is 8.42 Å². The first-order valence-electron chi connectivity index (χ1n) is 8.48. The van der Waals surface area contributed by atoms with Crippen molar-refractivity contribution in [2.45, 2.75) is 25.8 Å². The molecule has 0 amide bonds. The van der Waals surface area contributed by atoms with Crippen molar-refractivity contribution in [3.8, 4) is 0 Å². The third kappa shape index (κ3) is 3.70. The molecule has 3 rings (SSSR count). The molecule has 1 fully saturated rings. The SMILES string of the molecule is CC(CCS(=O)(=O)N1CCN(C)CC1)N1CCc2ccccc21. The van der Waals surface area contributed by atoms with Gasteiger partial charge in [-0.2, -0.15) is 4.31 Å². The van der Waals surface area contributed by atoms with E-state index in [4.69, 9.17) is 0 Å². The Morgan fingerprint density at radius 3 is 2.52 bits per heavy atom. The first-order valence-corrected chi connectivity index (χ1v) is 10.1. The van der Waals surface area contributed by atoms with Gasteiger partial charge in [0.15, 0.2) is 0 Å². The molecule has 1 aromatic carbocycles. The summed E-state index contributed by atoms with van der Waals surface area (Å²) >= 11 is 0. The lowest BCUT2D eigenvalue weighted by Crippen LogP contribution is -2.48. The van der Waals surface area contributed by atoms with Gasteiger partial charge in [0.2, 0.25) is 10.0 Å². The summed E-state index contributed by atoms with van der Waals surface area (Å²) < 4.78 is 26.8. The van der Waals surface area contributed by atoms with Gasteiger partial charge in [-0.15, -0.1) is 0 Å². The summed E-state index contributed by atoms with van der Waals surface area (Å²) in [6, 6.07) is 8.70. The van der Waals surface area contributed by atoms with Gasteiger partial charge in [0.25, 0.3) is 0 Å². The van der Waals surface area contributed by atoms with E-state index in [1.807, 2.05) is 7.05 Å². The van der Waals surface area contributed by atoms with Crippen LogP contribution in [-0.2, 0) is 16.4 Å². The highest BCUT2D eigenvalue weighted by Crippen LogP contribution is 2.30. The number of anilines is 1. The highest BCUT2D eigenvalue weighted by atomic mass is 32.2. The monoisotopic (exact) mass is 337 g/mol. The number of benzene rings is 1. The lowest BCUT2D eigenvalue weighted by atomic mass is 10.1. The molecule has 1 saturated heterocycles. The van der Waals surface area contributed by atoms with E-state index in [2.05, 4.69) is 41.0 Å². The van der Waals surface area contributed by atoms with E-state index in [0.29, 0.717) is 19.5 Å². The zero-order valence-corrected chi connectivity index (χ0v) is 14.9. The average molecular weight is 337 g/mol. The fourth-order valence-corrected chi connectivity index (χ4v) is 5.11. The lowest BCUT2D eigenvalue weighted by molar-refractivity contribution is 0.222. The summed E-state index contributed by atoms with van der Waals surface area (Å²) in [5, 5.41) is 0. The predicted molar refractivity (Wildman–Crippen MR) is 94.4 cm³/mol. The van der Waals surface area contributed by atoms with Crippen LogP contribution in [0.25, 0.3) is 0 Å². The number of likely N-dealkylation sites (N-methyl/N-ethyl adjacent to an activating group) is 1. The summed E-state index contributed by atoms with van der Waals surface area (Å²) in [6.07, 6.45) is 1.74. The molecule has 6 heteroatoms. The molecule has 0 radical (unpaired) electrons.